The summed E-state index contributed by atoms with van der Waals surface area (Å²) in [5.41, 5.74) is 0.813. The number of hydrogen-bond acceptors (Lipinski definition) is 6. The average molecular weight is 267 g/mol. The zero-order valence-corrected chi connectivity index (χ0v) is 10.2. The highest BCUT2D eigenvalue weighted by Gasteiger charge is 2.07. The predicted octanol–water partition coefficient (Wildman–Crippen LogP) is 0.705. The van der Waals surface area contributed by atoms with E-state index in [4.69, 9.17) is 0 Å². The van der Waals surface area contributed by atoms with Crippen molar-refractivity contribution in [3.05, 3.63) is 55.3 Å². The lowest BCUT2D eigenvalue weighted by atomic mass is 10.3. The Morgan fingerprint density at radius 1 is 1.05 bits per heavy atom. The van der Waals surface area contributed by atoms with Gasteiger partial charge in [0.05, 0.1) is 18.1 Å². The van der Waals surface area contributed by atoms with Crippen LogP contribution < -0.4 is 5.32 Å². The van der Waals surface area contributed by atoms with Crippen LogP contribution in [-0.4, -0.2) is 35.6 Å². The molecule has 1 N–H and O–H groups in total. The molecule has 3 rings (SSSR count). The number of anilines is 1. The fraction of sp³-hybridized carbons (Fsp3) is 0. The van der Waals surface area contributed by atoms with Gasteiger partial charge in [-0.25, -0.2) is 9.97 Å². The summed E-state index contributed by atoms with van der Waals surface area (Å²) in [4.78, 5) is 23.8. The molecule has 0 spiro atoms. The second-order valence-electron chi connectivity index (χ2n) is 3.82. The molecule has 1 amide bonds. The Bertz CT molecular complexity index is 694. The molecule has 8 heteroatoms. The molecular formula is C12H9N7O. The van der Waals surface area contributed by atoms with Gasteiger partial charge in [0, 0.05) is 12.4 Å². The molecule has 0 aromatic carbocycles. The van der Waals surface area contributed by atoms with E-state index >= 15 is 0 Å². The van der Waals surface area contributed by atoms with Gasteiger partial charge in [0.25, 0.3) is 5.91 Å². The second-order valence-corrected chi connectivity index (χ2v) is 3.82. The summed E-state index contributed by atoms with van der Waals surface area (Å²) in [6, 6.07) is 3.48. The van der Waals surface area contributed by atoms with Gasteiger partial charge >= 0.3 is 0 Å². The van der Waals surface area contributed by atoms with Crippen molar-refractivity contribution in [3.63, 3.8) is 0 Å². The van der Waals surface area contributed by atoms with Crippen molar-refractivity contribution in [1.29, 1.82) is 0 Å². The van der Waals surface area contributed by atoms with Crippen molar-refractivity contribution in [2.24, 2.45) is 0 Å². The monoisotopic (exact) mass is 267 g/mol. The second kappa shape index (κ2) is 5.22. The Morgan fingerprint density at radius 2 is 1.90 bits per heavy atom. The summed E-state index contributed by atoms with van der Waals surface area (Å²) in [6.45, 7) is 0. The van der Waals surface area contributed by atoms with E-state index < -0.39 is 0 Å². The predicted molar refractivity (Wildman–Crippen MR) is 69.1 cm³/mol. The molecular weight excluding hydrogens is 258 g/mol. The zero-order chi connectivity index (χ0) is 13.8. The van der Waals surface area contributed by atoms with E-state index in [1.54, 1.807) is 35.6 Å². The Kier molecular flexibility index (Phi) is 3.11. The highest BCUT2D eigenvalue weighted by Crippen LogP contribution is 2.10. The first-order valence-corrected chi connectivity index (χ1v) is 5.71. The van der Waals surface area contributed by atoms with E-state index in [9.17, 15) is 4.79 Å². The van der Waals surface area contributed by atoms with Crippen LogP contribution in [0.5, 0.6) is 0 Å². The number of rotatable bonds is 3. The molecule has 0 aliphatic rings. The van der Waals surface area contributed by atoms with Crippen LogP contribution in [0.4, 0.5) is 5.69 Å². The van der Waals surface area contributed by atoms with Gasteiger partial charge in [-0.1, -0.05) is 0 Å². The number of aromatic nitrogens is 6. The Hall–Kier alpha value is -3.16. The minimum atomic E-state index is -0.336. The fourth-order valence-corrected chi connectivity index (χ4v) is 1.54. The van der Waals surface area contributed by atoms with Crippen LogP contribution in [0.3, 0.4) is 0 Å². The smallest absolute Gasteiger partial charge is 0.275 e. The van der Waals surface area contributed by atoms with Crippen molar-refractivity contribution in [2.45, 2.75) is 0 Å². The molecule has 0 radical (unpaired) electrons. The number of carbonyl (C=O) groups is 1. The molecule has 98 valence electrons. The molecule has 3 aromatic heterocycles. The number of hydrogen-bond donors (Lipinski definition) is 1. The van der Waals surface area contributed by atoms with Crippen LogP contribution in [0.15, 0.2) is 49.6 Å². The summed E-state index contributed by atoms with van der Waals surface area (Å²) in [5, 5.41) is 10.1. The van der Waals surface area contributed by atoms with E-state index in [0.29, 0.717) is 11.5 Å². The third kappa shape index (κ3) is 2.48. The summed E-state index contributed by atoms with van der Waals surface area (Å²) < 4.78 is 1.66. The van der Waals surface area contributed by atoms with Gasteiger partial charge in [-0.2, -0.15) is 0 Å². The first kappa shape index (κ1) is 11.9. The average Bonchev–Trinajstić information content (AvgIpc) is 3.03. The standard InChI is InChI=1S/C12H9N7O/c20-12(10-6-13-3-4-14-10)18-9-1-2-11(15-5-9)19-7-16-17-8-19/h1-8H,(H,18,20). The van der Waals surface area contributed by atoms with Gasteiger partial charge in [0.15, 0.2) is 0 Å². The highest BCUT2D eigenvalue weighted by atomic mass is 16.1. The maximum absolute atomic E-state index is 11.9. The lowest BCUT2D eigenvalue weighted by Gasteiger charge is -2.05. The minimum absolute atomic E-state index is 0.246. The van der Waals surface area contributed by atoms with Crippen molar-refractivity contribution >= 4 is 11.6 Å². The minimum Gasteiger partial charge on any atom is -0.319 e. The van der Waals surface area contributed by atoms with Crippen LogP contribution in [0.1, 0.15) is 10.5 Å². The zero-order valence-electron chi connectivity index (χ0n) is 10.2. The van der Waals surface area contributed by atoms with E-state index in [1.807, 2.05) is 0 Å². The summed E-state index contributed by atoms with van der Waals surface area (Å²) in [5.74, 6) is 0.324. The van der Waals surface area contributed by atoms with E-state index in [-0.39, 0.29) is 11.6 Å². The summed E-state index contributed by atoms with van der Waals surface area (Å²) in [6.07, 6.45) is 8.99. The lowest BCUT2D eigenvalue weighted by molar-refractivity contribution is 0.102. The molecule has 0 aliphatic heterocycles. The Labute approximate surface area is 113 Å². The topological polar surface area (TPSA) is 98.5 Å². The Balaban J connectivity index is 1.74. The molecule has 0 saturated heterocycles. The van der Waals surface area contributed by atoms with E-state index in [2.05, 4.69) is 30.5 Å². The van der Waals surface area contributed by atoms with Gasteiger partial charge in [0.1, 0.15) is 24.2 Å². The number of pyridine rings is 1. The SMILES string of the molecule is O=C(Nc1ccc(-n2cnnc2)nc1)c1cnccn1. The molecule has 20 heavy (non-hydrogen) atoms. The molecule has 0 unspecified atom stereocenters. The molecule has 3 aromatic rings. The van der Waals surface area contributed by atoms with Crippen LogP contribution in [-0.2, 0) is 0 Å². The quantitative estimate of drug-likeness (QED) is 0.750. The molecule has 0 aliphatic carbocycles. The number of carbonyl (C=O) groups excluding carboxylic acids is 1. The fourth-order valence-electron chi connectivity index (χ4n) is 1.54. The number of nitrogens with zero attached hydrogens (tertiary/aromatic N) is 6. The van der Waals surface area contributed by atoms with Gasteiger partial charge < -0.3 is 5.32 Å². The lowest BCUT2D eigenvalue weighted by Crippen LogP contribution is -2.14. The molecule has 0 saturated carbocycles. The number of amides is 1. The first-order chi connectivity index (χ1) is 9.83. The van der Waals surface area contributed by atoms with Crippen molar-refractivity contribution in [2.75, 3.05) is 5.32 Å². The van der Waals surface area contributed by atoms with Gasteiger partial charge in [0.2, 0.25) is 0 Å². The van der Waals surface area contributed by atoms with Crippen molar-refractivity contribution in [3.8, 4) is 5.82 Å². The number of nitrogens with one attached hydrogen (secondary N) is 1. The third-order valence-electron chi connectivity index (χ3n) is 2.48. The molecule has 0 atom stereocenters. The molecule has 8 nitrogen and oxygen atoms in total. The molecule has 0 bridgehead atoms. The van der Waals surface area contributed by atoms with E-state index in [1.165, 1.54) is 18.6 Å². The van der Waals surface area contributed by atoms with Gasteiger partial charge in [-0.3, -0.25) is 14.3 Å². The molecule has 0 fully saturated rings. The maximum atomic E-state index is 11.9. The normalized spacial score (nSPS) is 10.2. The van der Waals surface area contributed by atoms with Crippen LogP contribution in [0.25, 0.3) is 5.82 Å². The van der Waals surface area contributed by atoms with Gasteiger partial charge in [-0.15, -0.1) is 10.2 Å². The van der Waals surface area contributed by atoms with Gasteiger partial charge in [-0.05, 0) is 12.1 Å². The summed E-state index contributed by atoms with van der Waals surface area (Å²) in [7, 11) is 0. The largest absolute Gasteiger partial charge is 0.319 e. The Morgan fingerprint density at radius 3 is 2.55 bits per heavy atom. The first-order valence-electron chi connectivity index (χ1n) is 5.71. The van der Waals surface area contributed by atoms with Crippen LogP contribution in [0, 0.1) is 0 Å². The van der Waals surface area contributed by atoms with E-state index in [0.717, 1.165) is 0 Å². The maximum Gasteiger partial charge on any atom is 0.275 e. The summed E-state index contributed by atoms with van der Waals surface area (Å²) >= 11 is 0. The molecule has 3 heterocycles. The van der Waals surface area contributed by atoms with Crippen molar-refractivity contribution in [1.82, 2.24) is 29.7 Å². The van der Waals surface area contributed by atoms with Crippen LogP contribution in [0.2, 0.25) is 0 Å². The van der Waals surface area contributed by atoms with Crippen molar-refractivity contribution < 1.29 is 4.79 Å². The van der Waals surface area contributed by atoms with Crippen LogP contribution >= 0.6 is 0 Å². The highest BCUT2D eigenvalue weighted by molar-refractivity contribution is 6.02. The third-order valence-corrected chi connectivity index (χ3v) is 2.48.